The number of aromatic nitrogens is 3. The summed E-state index contributed by atoms with van der Waals surface area (Å²) in [6, 6.07) is 7.54. The number of fused-ring (bicyclic) bond motifs is 3. The van der Waals surface area contributed by atoms with E-state index in [0.717, 1.165) is 56.6 Å². The minimum Gasteiger partial charge on any atom is -0.421 e. The molecule has 4 rings (SSSR count). The maximum absolute atomic E-state index is 12.1. The second kappa shape index (κ2) is 8.81. The summed E-state index contributed by atoms with van der Waals surface area (Å²) in [6.45, 7) is 6.25. The lowest BCUT2D eigenvalue weighted by atomic mass is 10.2. The van der Waals surface area contributed by atoms with Gasteiger partial charge in [0.15, 0.2) is 5.52 Å². The Labute approximate surface area is 163 Å². The van der Waals surface area contributed by atoms with Crippen molar-refractivity contribution in [3.8, 4) is 0 Å². The van der Waals surface area contributed by atoms with E-state index in [4.69, 9.17) is 4.42 Å². The van der Waals surface area contributed by atoms with Gasteiger partial charge < -0.3 is 14.2 Å². The van der Waals surface area contributed by atoms with Crippen LogP contribution in [0, 0.1) is 0 Å². The zero-order chi connectivity index (χ0) is 16.5. The highest BCUT2D eigenvalue weighted by molar-refractivity contribution is 6.00. The van der Waals surface area contributed by atoms with Crippen LogP contribution in [-0.2, 0) is 6.54 Å². The van der Waals surface area contributed by atoms with Gasteiger partial charge in [0.05, 0.1) is 0 Å². The monoisotopic (exact) mass is 399 g/mol. The first-order valence-electron chi connectivity index (χ1n) is 8.38. The molecule has 142 valence electrons. The number of para-hydroxylation sites is 1. The quantitative estimate of drug-likeness (QED) is 0.625. The number of aryl methyl sites for hydroxylation is 1. The molecule has 0 saturated carbocycles. The highest BCUT2D eigenvalue weighted by Gasteiger charge is 2.16. The van der Waals surface area contributed by atoms with Crippen LogP contribution in [0.25, 0.3) is 22.0 Å². The summed E-state index contributed by atoms with van der Waals surface area (Å²) in [5.41, 5.74) is 1.25. The van der Waals surface area contributed by atoms with E-state index in [9.17, 15) is 4.79 Å². The third-order valence-electron chi connectivity index (χ3n) is 4.71. The van der Waals surface area contributed by atoms with Gasteiger partial charge in [-0.05, 0) is 25.6 Å². The van der Waals surface area contributed by atoms with Crippen molar-refractivity contribution in [2.75, 3.05) is 39.8 Å². The molecule has 0 bridgehead atoms. The van der Waals surface area contributed by atoms with Gasteiger partial charge in [-0.3, -0.25) is 0 Å². The third kappa shape index (κ3) is 4.01. The normalized spacial score (nSPS) is 15.7. The molecule has 0 N–H and O–H groups in total. The first kappa shape index (κ1) is 20.6. The number of hydrogen-bond acceptors (Lipinski definition) is 6. The van der Waals surface area contributed by atoms with Crippen molar-refractivity contribution < 1.29 is 4.42 Å². The Bertz CT molecular complexity index is 918. The lowest BCUT2D eigenvalue weighted by molar-refractivity contribution is 0.151. The van der Waals surface area contributed by atoms with Gasteiger partial charge in [0.1, 0.15) is 11.1 Å². The standard InChI is InChI=1S/C17H21N5O2.2ClH/c1-20-9-11-21(12-10-20)7-4-8-22-16-13-5-2-3-6-14(13)24-17(23)15(16)18-19-22;;/h2-3,5-6H,4,7-12H2,1H3;2*1H. The molecule has 1 saturated heterocycles. The summed E-state index contributed by atoms with van der Waals surface area (Å²) in [7, 11) is 2.16. The van der Waals surface area contributed by atoms with E-state index in [0.29, 0.717) is 11.1 Å². The summed E-state index contributed by atoms with van der Waals surface area (Å²) in [6.07, 6.45) is 0.983. The van der Waals surface area contributed by atoms with Gasteiger partial charge in [-0.25, -0.2) is 9.48 Å². The van der Waals surface area contributed by atoms with Crippen LogP contribution in [0.1, 0.15) is 6.42 Å². The summed E-state index contributed by atoms with van der Waals surface area (Å²) in [4.78, 5) is 16.9. The molecule has 3 aromatic rings. The molecule has 7 nitrogen and oxygen atoms in total. The molecule has 26 heavy (non-hydrogen) atoms. The number of rotatable bonds is 4. The van der Waals surface area contributed by atoms with Gasteiger partial charge in [0, 0.05) is 44.7 Å². The lowest BCUT2D eigenvalue weighted by Crippen LogP contribution is -2.44. The highest BCUT2D eigenvalue weighted by Crippen LogP contribution is 2.21. The molecule has 1 fully saturated rings. The van der Waals surface area contributed by atoms with Crippen molar-refractivity contribution in [3.05, 3.63) is 34.7 Å². The molecule has 3 heterocycles. The Morgan fingerprint density at radius 2 is 1.81 bits per heavy atom. The van der Waals surface area contributed by atoms with Gasteiger partial charge >= 0.3 is 5.63 Å². The average Bonchev–Trinajstić information content (AvgIpc) is 3.02. The van der Waals surface area contributed by atoms with Gasteiger partial charge in [0.25, 0.3) is 0 Å². The second-order valence-electron chi connectivity index (χ2n) is 6.39. The molecule has 2 aromatic heterocycles. The smallest absolute Gasteiger partial charge is 0.366 e. The van der Waals surface area contributed by atoms with E-state index in [-0.39, 0.29) is 24.8 Å². The number of benzene rings is 1. The van der Waals surface area contributed by atoms with Crippen molar-refractivity contribution in [1.29, 1.82) is 0 Å². The Morgan fingerprint density at radius 3 is 2.58 bits per heavy atom. The fourth-order valence-corrected chi connectivity index (χ4v) is 3.29. The predicted octanol–water partition coefficient (Wildman–Crippen LogP) is 2.02. The molecule has 1 aliphatic heterocycles. The summed E-state index contributed by atoms with van der Waals surface area (Å²) >= 11 is 0. The SMILES string of the molecule is CN1CCN(CCCn2nnc3c(=O)oc4ccccc4c32)CC1.Cl.Cl. The van der Waals surface area contributed by atoms with Crippen LogP contribution in [0.15, 0.2) is 33.5 Å². The number of likely N-dealkylation sites (N-methyl/N-ethyl adjacent to an activating group) is 1. The van der Waals surface area contributed by atoms with E-state index in [1.54, 1.807) is 6.07 Å². The Kier molecular flexibility index (Phi) is 7.00. The second-order valence-corrected chi connectivity index (χ2v) is 6.39. The van der Waals surface area contributed by atoms with Gasteiger partial charge in [-0.1, -0.05) is 17.3 Å². The molecule has 9 heteroatoms. The number of piperazine rings is 1. The van der Waals surface area contributed by atoms with E-state index in [1.807, 2.05) is 22.9 Å². The van der Waals surface area contributed by atoms with Crippen LogP contribution >= 0.6 is 24.8 Å². The van der Waals surface area contributed by atoms with Crippen LogP contribution in [-0.4, -0.2) is 64.6 Å². The number of hydrogen-bond donors (Lipinski definition) is 0. The Balaban J connectivity index is 0.00000121. The van der Waals surface area contributed by atoms with Crippen molar-refractivity contribution in [2.24, 2.45) is 0 Å². The summed E-state index contributed by atoms with van der Waals surface area (Å²) < 4.78 is 7.15. The molecule has 0 spiro atoms. The molecule has 0 amide bonds. The maximum Gasteiger partial charge on any atom is 0.366 e. The van der Waals surface area contributed by atoms with E-state index in [1.165, 1.54) is 0 Å². The van der Waals surface area contributed by atoms with Gasteiger partial charge in [0.2, 0.25) is 0 Å². The number of halogens is 2. The number of nitrogens with zero attached hydrogens (tertiary/aromatic N) is 5. The van der Waals surface area contributed by atoms with Crippen LogP contribution in [0.5, 0.6) is 0 Å². The van der Waals surface area contributed by atoms with Gasteiger partial charge in [-0.2, -0.15) is 0 Å². The maximum atomic E-state index is 12.1. The fourth-order valence-electron chi connectivity index (χ4n) is 3.29. The van der Waals surface area contributed by atoms with Crippen LogP contribution in [0.2, 0.25) is 0 Å². The zero-order valence-corrected chi connectivity index (χ0v) is 16.3. The fraction of sp³-hybridized carbons (Fsp3) is 0.471. The molecule has 0 atom stereocenters. The van der Waals surface area contributed by atoms with Crippen molar-refractivity contribution in [3.63, 3.8) is 0 Å². The van der Waals surface area contributed by atoms with E-state index in [2.05, 4.69) is 27.2 Å². The Hall–Kier alpha value is -1.67. The van der Waals surface area contributed by atoms with Crippen molar-refractivity contribution in [1.82, 2.24) is 24.8 Å². The zero-order valence-electron chi connectivity index (χ0n) is 14.6. The Morgan fingerprint density at radius 1 is 1.08 bits per heavy atom. The molecule has 0 unspecified atom stereocenters. The first-order chi connectivity index (χ1) is 11.7. The molecular formula is C17H23Cl2N5O2. The van der Waals surface area contributed by atoms with Crippen molar-refractivity contribution in [2.45, 2.75) is 13.0 Å². The third-order valence-corrected chi connectivity index (χ3v) is 4.71. The molecule has 1 aromatic carbocycles. The minimum atomic E-state index is -0.422. The van der Waals surface area contributed by atoms with Crippen LogP contribution < -0.4 is 5.63 Å². The van der Waals surface area contributed by atoms with Crippen LogP contribution in [0.4, 0.5) is 0 Å². The highest BCUT2D eigenvalue weighted by atomic mass is 35.5. The van der Waals surface area contributed by atoms with E-state index >= 15 is 0 Å². The first-order valence-corrected chi connectivity index (χ1v) is 8.38. The van der Waals surface area contributed by atoms with Crippen molar-refractivity contribution >= 4 is 46.8 Å². The molecule has 1 aliphatic rings. The lowest BCUT2D eigenvalue weighted by Gasteiger charge is -2.32. The van der Waals surface area contributed by atoms with Crippen LogP contribution in [0.3, 0.4) is 0 Å². The summed E-state index contributed by atoms with van der Waals surface area (Å²) in [5.74, 6) is 0. The van der Waals surface area contributed by atoms with Gasteiger partial charge in [-0.15, -0.1) is 29.9 Å². The molecular weight excluding hydrogens is 377 g/mol. The summed E-state index contributed by atoms with van der Waals surface area (Å²) in [5, 5.41) is 9.10. The molecule has 0 aliphatic carbocycles. The topological polar surface area (TPSA) is 67.4 Å². The van der Waals surface area contributed by atoms with E-state index < -0.39 is 5.63 Å². The minimum absolute atomic E-state index is 0. The average molecular weight is 400 g/mol. The predicted molar refractivity (Wildman–Crippen MR) is 107 cm³/mol. The largest absolute Gasteiger partial charge is 0.421 e. The molecule has 0 radical (unpaired) electrons.